The number of thiophene rings is 1. The molecule has 3 heterocycles. The van der Waals surface area contributed by atoms with Gasteiger partial charge in [-0.25, -0.2) is 9.97 Å². The fraction of sp³-hybridized carbons (Fsp3) is 0.364. The summed E-state index contributed by atoms with van der Waals surface area (Å²) in [5, 5.41) is 12.0. The molecule has 0 spiro atoms. The number of nitrogens with zero attached hydrogens (tertiary/aromatic N) is 4. The van der Waals surface area contributed by atoms with Gasteiger partial charge >= 0.3 is 0 Å². The summed E-state index contributed by atoms with van der Waals surface area (Å²) < 4.78 is 5.33. The SMILES string of the molecule is N#CC1CN(c2ncnc3sccc23)CCO1. The molecule has 0 aliphatic carbocycles. The molecule has 0 bridgehead atoms. The molecule has 0 saturated carbocycles. The maximum absolute atomic E-state index is 8.90. The van der Waals surface area contributed by atoms with Gasteiger partial charge in [-0.15, -0.1) is 11.3 Å². The van der Waals surface area contributed by atoms with Crippen LogP contribution in [-0.2, 0) is 4.74 Å². The van der Waals surface area contributed by atoms with Gasteiger partial charge in [0.25, 0.3) is 0 Å². The first-order chi connectivity index (χ1) is 8.38. The predicted molar refractivity (Wildman–Crippen MR) is 65.0 cm³/mol. The zero-order chi connectivity index (χ0) is 11.7. The summed E-state index contributed by atoms with van der Waals surface area (Å²) in [5.74, 6) is 0.903. The number of hydrogen-bond donors (Lipinski definition) is 0. The highest BCUT2D eigenvalue weighted by Gasteiger charge is 2.22. The van der Waals surface area contributed by atoms with Gasteiger partial charge in [-0.1, -0.05) is 0 Å². The second-order valence-electron chi connectivity index (χ2n) is 3.77. The van der Waals surface area contributed by atoms with E-state index in [0.717, 1.165) is 22.6 Å². The van der Waals surface area contributed by atoms with E-state index >= 15 is 0 Å². The Balaban J connectivity index is 1.98. The summed E-state index contributed by atoms with van der Waals surface area (Å²) in [6.45, 7) is 1.90. The van der Waals surface area contributed by atoms with Crippen LogP contribution < -0.4 is 4.90 Å². The minimum absolute atomic E-state index is 0.368. The molecule has 1 atom stereocenters. The van der Waals surface area contributed by atoms with E-state index < -0.39 is 0 Å². The lowest BCUT2D eigenvalue weighted by atomic mass is 10.2. The fourth-order valence-electron chi connectivity index (χ4n) is 1.95. The van der Waals surface area contributed by atoms with E-state index in [-0.39, 0.29) is 6.10 Å². The number of hydrogen-bond acceptors (Lipinski definition) is 6. The Kier molecular flexibility index (Phi) is 2.63. The Morgan fingerprint density at radius 1 is 1.53 bits per heavy atom. The summed E-state index contributed by atoms with van der Waals surface area (Å²) in [6.07, 6.45) is 1.21. The molecular weight excluding hydrogens is 236 g/mol. The lowest BCUT2D eigenvalue weighted by Gasteiger charge is -2.30. The molecule has 0 aromatic carbocycles. The Morgan fingerprint density at radius 2 is 2.47 bits per heavy atom. The maximum atomic E-state index is 8.90. The van der Waals surface area contributed by atoms with Crippen molar-refractivity contribution in [3.63, 3.8) is 0 Å². The van der Waals surface area contributed by atoms with E-state index in [0.29, 0.717) is 13.2 Å². The van der Waals surface area contributed by atoms with Crippen LogP contribution in [0.4, 0.5) is 5.82 Å². The first kappa shape index (κ1) is 10.4. The fourth-order valence-corrected chi connectivity index (χ4v) is 2.68. The van der Waals surface area contributed by atoms with E-state index in [1.807, 2.05) is 11.4 Å². The molecule has 2 aromatic heterocycles. The van der Waals surface area contributed by atoms with Crippen molar-refractivity contribution in [2.45, 2.75) is 6.10 Å². The van der Waals surface area contributed by atoms with Crippen molar-refractivity contribution in [2.75, 3.05) is 24.6 Å². The lowest BCUT2D eigenvalue weighted by molar-refractivity contribution is 0.0762. The van der Waals surface area contributed by atoms with E-state index in [2.05, 4.69) is 20.9 Å². The highest BCUT2D eigenvalue weighted by Crippen LogP contribution is 2.27. The van der Waals surface area contributed by atoms with Crippen molar-refractivity contribution < 1.29 is 4.74 Å². The van der Waals surface area contributed by atoms with E-state index in [4.69, 9.17) is 10.00 Å². The molecule has 1 aliphatic heterocycles. The molecule has 86 valence electrons. The van der Waals surface area contributed by atoms with Gasteiger partial charge < -0.3 is 9.64 Å². The molecule has 1 saturated heterocycles. The molecule has 3 rings (SSSR count). The van der Waals surface area contributed by atoms with Crippen LogP contribution in [0.5, 0.6) is 0 Å². The van der Waals surface area contributed by atoms with E-state index in [9.17, 15) is 0 Å². The van der Waals surface area contributed by atoms with Crippen LogP contribution in [0.25, 0.3) is 10.2 Å². The number of fused-ring (bicyclic) bond motifs is 1. The Bertz CT molecular complexity index is 576. The summed E-state index contributed by atoms with van der Waals surface area (Å²) in [6, 6.07) is 4.16. The number of nitriles is 1. The average Bonchev–Trinajstić information content (AvgIpc) is 2.87. The first-order valence-corrected chi connectivity index (χ1v) is 6.21. The Morgan fingerprint density at radius 3 is 3.35 bits per heavy atom. The average molecular weight is 246 g/mol. The van der Waals surface area contributed by atoms with Crippen molar-refractivity contribution in [1.82, 2.24) is 9.97 Å². The minimum atomic E-state index is -0.368. The highest BCUT2D eigenvalue weighted by atomic mass is 32.1. The van der Waals surface area contributed by atoms with E-state index in [1.54, 1.807) is 17.7 Å². The largest absolute Gasteiger partial charge is 0.360 e. The maximum Gasteiger partial charge on any atom is 0.161 e. The van der Waals surface area contributed by atoms with Gasteiger partial charge in [0, 0.05) is 6.54 Å². The van der Waals surface area contributed by atoms with Gasteiger partial charge in [0.1, 0.15) is 17.0 Å². The van der Waals surface area contributed by atoms with Crippen LogP contribution in [-0.4, -0.2) is 35.8 Å². The number of morpholine rings is 1. The Labute approximate surface area is 102 Å². The zero-order valence-electron chi connectivity index (χ0n) is 9.04. The van der Waals surface area contributed by atoms with Crippen molar-refractivity contribution in [3.05, 3.63) is 17.8 Å². The molecule has 1 unspecified atom stereocenters. The second kappa shape index (κ2) is 4.28. The molecule has 1 aliphatic rings. The van der Waals surface area contributed by atoms with Crippen LogP contribution in [0.1, 0.15) is 0 Å². The quantitative estimate of drug-likeness (QED) is 0.761. The Hall–Kier alpha value is -1.71. The van der Waals surface area contributed by atoms with Gasteiger partial charge in [-0.3, -0.25) is 0 Å². The summed E-state index contributed by atoms with van der Waals surface area (Å²) >= 11 is 1.60. The van der Waals surface area contributed by atoms with Crippen LogP contribution in [0.2, 0.25) is 0 Å². The van der Waals surface area contributed by atoms with Crippen LogP contribution >= 0.6 is 11.3 Å². The highest BCUT2D eigenvalue weighted by molar-refractivity contribution is 7.16. The zero-order valence-corrected chi connectivity index (χ0v) is 9.85. The molecule has 0 amide bonds. The minimum Gasteiger partial charge on any atom is -0.360 e. The topological polar surface area (TPSA) is 62.0 Å². The molecule has 17 heavy (non-hydrogen) atoms. The normalized spacial score (nSPS) is 20.4. The van der Waals surface area contributed by atoms with Crippen LogP contribution in [0, 0.1) is 11.3 Å². The van der Waals surface area contributed by atoms with Crippen molar-refractivity contribution in [2.24, 2.45) is 0 Å². The molecular formula is C11H10N4OS. The molecule has 6 heteroatoms. The number of rotatable bonds is 1. The summed E-state index contributed by atoms with van der Waals surface area (Å²) in [7, 11) is 0. The third kappa shape index (κ3) is 1.84. The van der Waals surface area contributed by atoms with Crippen molar-refractivity contribution in [3.8, 4) is 6.07 Å². The predicted octanol–water partition coefficient (Wildman–Crippen LogP) is 1.42. The summed E-state index contributed by atoms with van der Waals surface area (Å²) in [4.78, 5) is 11.6. The molecule has 0 N–H and O–H groups in total. The first-order valence-electron chi connectivity index (χ1n) is 5.33. The van der Waals surface area contributed by atoms with Gasteiger partial charge in [-0.2, -0.15) is 5.26 Å². The number of aromatic nitrogens is 2. The number of anilines is 1. The van der Waals surface area contributed by atoms with Gasteiger partial charge in [0.15, 0.2) is 6.10 Å². The molecule has 0 radical (unpaired) electrons. The van der Waals surface area contributed by atoms with Gasteiger partial charge in [0.2, 0.25) is 0 Å². The van der Waals surface area contributed by atoms with Gasteiger partial charge in [-0.05, 0) is 11.4 Å². The monoisotopic (exact) mass is 246 g/mol. The third-order valence-corrected chi connectivity index (χ3v) is 3.57. The van der Waals surface area contributed by atoms with E-state index in [1.165, 1.54) is 0 Å². The number of ether oxygens (including phenoxy) is 1. The van der Waals surface area contributed by atoms with Crippen LogP contribution in [0.15, 0.2) is 17.8 Å². The molecule has 2 aromatic rings. The van der Waals surface area contributed by atoms with Gasteiger partial charge in [0.05, 0.1) is 24.6 Å². The van der Waals surface area contributed by atoms with Crippen LogP contribution in [0.3, 0.4) is 0 Å². The summed E-state index contributed by atoms with van der Waals surface area (Å²) in [5.41, 5.74) is 0. The molecule has 5 nitrogen and oxygen atoms in total. The lowest BCUT2D eigenvalue weighted by Crippen LogP contribution is -2.42. The third-order valence-electron chi connectivity index (χ3n) is 2.75. The second-order valence-corrected chi connectivity index (χ2v) is 4.67. The van der Waals surface area contributed by atoms with Crippen molar-refractivity contribution in [1.29, 1.82) is 5.26 Å². The van der Waals surface area contributed by atoms with Crippen molar-refractivity contribution >= 4 is 27.4 Å². The molecule has 1 fully saturated rings. The standard InChI is InChI=1S/C11H10N4OS/c12-5-8-6-15(2-3-16-8)10-9-1-4-17-11(9)14-7-13-10/h1,4,7-8H,2-3,6H2. The smallest absolute Gasteiger partial charge is 0.161 e.